The zero-order chi connectivity index (χ0) is 26.3. The minimum absolute atomic E-state index is 0.0353. The SMILES string of the molecule is CC(C)Oc1cccc(/C(O)=C2\C(=O)C(=O)N(c3ccc(N(C)C)cc3)C2c2c[nH]c3ccccc23)c1. The highest BCUT2D eigenvalue weighted by atomic mass is 16.5. The van der Waals surface area contributed by atoms with Crippen molar-refractivity contribution in [3.05, 3.63) is 95.7 Å². The van der Waals surface area contributed by atoms with Crippen LogP contribution in [0.1, 0.15) is 31.0 Å². The first-order valence-electron chi connectivity index (χ1n) is 12.2. The number of aromatic amines is 1. The Balaban J connectivity index is 1.71. The first kappa shape index (κ1) is 24.2. The van der Waals surface area contributed by atoms with Crippen molar-refractivity contribution >= 4 is 39.7 Å². The second kappa shape index (κ2) is 9.50. The number of hydrogen-bond acceptors (Lipinski definition) is 5. The summed E-state index contributed by atoms with van der Waals surface area (Å²) in [5, 5.41) is 12.4. The smallest absolute Gasteiger partial charge is 0.300 e. The molecule has 7 heteroatoms. The number of aliphatic hydroxyl groups excluding tert-OH is 1. The summed E-state index contributed by atoms with van der Waals surface area (Å²) in [6, 6.07) is 21.2. The molecule has 0 aliphatic carbocycles. The highest BCUT2D eigenvalue weighted by Crippen LogP contribution is 2.44. The van der Waals surface area contributed by atoms with Gasteiger partial charge in [0.2, 0.25) is 0 Å². The van der Waals surface area contributed by atoms with E-state index in [2.05, 4.69) is 4.98 Å². The maximum absolute atomic E-state index is 13.5. The summed E-state index contributed by atoms with van der Waals surface area (Å²) in [6.07, 6.45) is 1.74. The standard InChI is InChI=1S/C30H29N3O4/c1-18(2)37-22-9-7-8-19(16-22)28(34)26-27(24-17-31-25-11-6-5-10-23(24)25)33(30(36)29(26)35)21-14-12-20(13-15-21)32(3)4/h5-18,27,31,34H,1-4H3/b28-26+. The summed E-state index contributed by atoms with van der Waals surface area (Å²) < 4.78 is 5.79. The molecule has 0 bridgehead atoms. The highest BCUT2D eigenvalue weighted by Gasteiger charge is 2.47. The van der Waals surface area contributed by atoms with Crippen molar-refractivity contribution in [2.75, 3.05) is 23.9 Å². The van der Waals surface area contributed by atoms with Gasteiger partial charge in [0.1, 0.15) is 11.5 Å². The van der Waals surface area contributed by atoms with Gasteiger partial charge in [0.05, 0.1) is 17.7 Å². The zero-order valence-corrected chi connectivity index (χ0v) is 21.2. The molecule has 3 aromatic carbocycles. The number of nitrogens with zero attached hydrogens (tertiary/aromatic N) is 2. The molecule has 1 amide bonds. The lowest BCUT2D eigenvalue weighted by molar-refractivity contribution is -0.132. The van der Waals surface area contributed by atoms with Crippen molar-refractivity contribution in [3.63, 3.8) is 0 Å². The number of H-pyrrole nitrogens is 1. The van der Waals surface area contributed by atoms with E-state index in [1.165, 1.54) is 4.90 Å². The molecule has 0 saturated carbocycles. The number of carbonyl (C=O) groups excluding carboxylic acids is 2. The van der Waals surface area contributed by atoms with Gasteiger partial charge >= 0.3 is 0 Å². The lowest BCUT2D eigenvalue weighted by atomic mass is 9.94. The Bertz CT molecular complexity index is 1520. The zero-order valence-electron chi connectivity index (χ0n) is 21.2. The Morgan fingerprint density at radius 1 is 1.00 bits per heavy atom. The van der Waals surface area contributed by atoms with Crippen LogP contribution in [-0.4, -0.2) is 42.0 Å². The van der Waals surface area contributed by atoms with Crippen molar-refractivity contribution < 1.29 is 19.4 Å². The molecule has 2 N–H and O–H groups in total. The molecule has 1 unspecified atom stereocenters. The van der Waals surface area contributed by atoms with Crippen LogP contribution < -0.4 is 14.5 Å². The summed E-state index contributed by atoms with van der Waals surface area (Å²) in [5.41, 5.74) is 3.57. The maximum atomic E-state index is 13.5. The fraction of sp³-hybridized carbons (Fsp3) is 0.200. The second-order valence-electron chi connectivity index (χ2n) is 9.56. The number of para-hydroxylation sites is 1. The van der Waals surface area contributed by atoms with E-state index in [0.717, 1.165) is 22.2 Å². The van der Waals surface area contributed by atoms with E-state index in [9.17, 15) is 14.7 Å². The maximum Gasteiger partial charge on any atom is 0.300 e. The highest BCUT2D eigenvalue weighted by molar-refractivity contribution is 6.51. The van der Waals surface area contributed by atoms with Crippen LogP contribution in [-0.2, 0) is 9.59 Å². The quantitative estimate of drug-likeness (QED) is 0.205. The number of benzene rings is 3. The molecule has 1 aliphatic heterocycles. The number of fused-ring (bicyclic) bond motifs is 1. The summed E-state index contributed by atoms with van der Waals surface area (Å²) >= 11 is 0. The van der Waals surface area contributed by atoms with Crippen LogP contribution in [0.3, 0.4) is 0 Å². The van der Waals surface area contributed by atoms with E-state index in [4.69, 9.17) is 4.74 Å². The van der Waals surface area contributed by atoms with E-state index < -0.39 is 17.7 Å². The normalized spacial score (nSPS) is 17.1. The van der Waals surface area contributed by atoms with Crippen molar-refractivity contribution in [1.82, 2.24) is 4.98 Å². The van der Waals surface area contributed by atoms with Crippen molar-refractivity contribution in [1.29, 1.82) is 0 Å². The van der Waals surface area contributed by atoms with Gasteiger partial charge in [-0.25, -0.2) is 0 Å². The van der Waals surface area contributed by atoms with Gasteiger partial charge < -0.3 is 19.7 Å². The topological polar surface area (TPSA) is 85.9 Å². The van der Waals surface area contributed by atoms with Crippen LogP contribution in [0.15, 0.2) is 84.6 Å². The number of ketones is 1. The van der Waals surface area contributed by atoms with E-state index >= 15 is 0 Å². The number of Topliss-reactive ketones (excluding diaryl/α,β-unsaturated/α-hetero) is 1. The molecule has 37 heavy (non-hydrogen) atoms. The van der Waals surface area contributed by atoms with Gasteiger partial charge in [-0.3, -0.25) is 14.5 Å². The lowest BCUT2D eigenvalue weighted by Gasteiger charge is -2.25. The molecule has 7 nitrogen and oxygen atoms in total. The van der Waals surface area contributed by atoms with Gasteiger partial charge in [0.25, 0.3) is 11.7 Å². The van der Waals surface area contributed by atoms with Gasteiger partial charge in [0.15, 0.2) is 0 Å². The summed E-state index contributed by atoms with van der Waals surface area (Å²) in [7, 11) is 3.87. The fourth-order valence-electron chi connectivity index (χ4n) is 4.77. The van der Waals surface area contributed by atoms with Crippen LogP contribution in [0.5, 0.6) is 5.75 Å². The summed E-state index contributed by atoms with van der Waals surface area (Å²) in [5.74, 6) is -1.10. The van der Waals surface area contributed by atoms with Gasteiger partial charge in [0, 0.05) is 53.7 Å². The number of aromatic nitrogens is 1. The Labute approximate surface area is 215 Å². The largest absolute Gasteiger partial charge is 0.507 e. The predicted octanol–water partition coefficient (Wildman–Crippen LogP) is 5.65. The molecule has 1 aromatic heterocycles. The second-order valence-corrected chi connectivity index (χ2v) is 9.56. The molecule has 4 aromatic rings. The first-order chi connectivity index (χ1) is 17.8. The van der Waals surface area contributed by atoms with Crippen LogP contribution in [0, 0.1) is 0 Å². The summed E-state index contributed by atoms with van der Waals surface area (Å²) in [4.78, 5) is 33.7. The molecule has 1 atom stereocenters. The molecule has 0 spiro atoms. The Hall–Kier alpha value is -4.52. The number of aliphatic hydroxyl groups is 1. The molecule has 188 valence electrons. The molecular weight excluding hydrogens is 466 g/mol. The average molecular weight is 496 g/mol. The number of carbonyl (C=O) groups is 2. The molecule has 1 fully saturated rings. The predicted molar refractivity (Wildman–Crippen MR) is 146 cm³/mol. The van der Waals surface area contributed by atoms with E-state index in [1.54, 1.807) is 30.5 Å². The third-order valence-electron chi connectivity index (χ3n) is 6.48. The van der Waals surface area contributed by atoms with E-state index in [1.807, 2.05) is 81.4 Å². The fourth-order valence-corrected chi connectivity index (χ4v) is 4.77. The Morgan fingerprint density at radius 2 is 1.73 bits per heavy atom. The molecule has 1 aliphatic rings. The van der Waals surface area contributed by atoms with Crippen LogP contribution in [0.2, 0.25) is 0 Å². The van der Waals surface area contributed by atoms with Crippen molar-refractivity contribution in [3.8, 4) is 5.75 Å². The lowest BCUT2D eigenvalue weighted by Crippen LogP contribution is -2.29. The molecule has 1 saturated heterocycles. The minimum Gasteiger partial charge on any atom is -0.507 e. The van der Waals surface area contributed by atoms with Crippen LogP contribution in [0.25, 0.3) is 16.7 Å². The molecule has 0 radical (unpaired) electrons. The Kier molecular flexibility index (Phi) is 6.21. The molecule has 5 rings (SSSR count). The number of rotatable bonds is 6. The number of ether oxygens (including phenoxy) is 1. The van der Waals surface area contributed by atoms with Gasteiger partial charge in [-0.05, 0) is 56.3 Å². The number of amides is 1. The molecule has 2 heterocycles. The number of nitrogens with one attached hydrogen (secondary N) is 1. The first-order valence-corrected chi connectivity index (χ1v) is 12.2. The van der Waals surface area contributed by atoms with Crippen molar-refractivity contribution in [2.24, 2.45) is 0 Å². The monoisotopic (exact) mass is 495 g/mol. The van der Waals surface area contributed by atoms with Crippen molar-refractivity contribution in [2.45, 2.75) is 26.0 Å². The van der Waals surface area contributed by atoms with Gasteiger partial charge in [-0.1, -0.05) is 30.3 Å². The summed E-state index contributed by atoms with van der Waals surface area (Å²) in [6.45, 7) is 3.83. The third kappa shape index (κ3) is 4.33. The third-order valence-corrected chi connectivity index (χ3v) is 6.48. The van der Waals surface area contributed by atoms with Gasteiger partial charge in [-0.2, -0.15) is 0 Å². The van der Waals surface area contributed by atoms with E-state index in [0.29, 0.717) is 17.0 Å². The van der Waals surface area contributed by atoms with Crippen LogP contribution >= 0.6 is 0 Å². The van der Waals surface area contributed by atoms with Crippen LogP contribution in [0.4, 0.5) is 11.4 Å². The number of anilines is 2. The minimum atomic E-state index is -0.823. The average Bonchev–Trinajstić information content (AvgIpc) is 3.42. The molecular formula is C30H29N3O4. The van der Waals surface area contributed by atoms with E-state index in [-0.39, 0.29) is 17.4 Å². The van der Waals surface area contributed by atoms with Gasteiger partial charge in [-0.15, -0.1) is 0 Å². The number of hydrogen-bond donors (Lipinski definition) is 2. The Morgan fingerprint density at radius 3 is 2.43 bits per heavy atom.